The molecule has 1 heterocycles. The van der Waals surface area contributed by atoms with E-state index in [0.717, 1.165) is 6.20 Å². The van der Waals surface area contributed by atoms with Crippen molar-refractivity contribution < 1.29 is 32.5 Å². The van der Waals surface area contributed by atoms with Gasteiger partial charge in [-0.05, 0) is 0 Å². The summed E-state index contributed by atoms with van der Waals surface area (Å²) in [5.74, 6) is -1.98. The lowest BCUT2D eigenvalue weighted by molar-refractivity contribution is -0.275. The summed E-state index contributed by atoms with van der Waals surface area (Å²) in [5, 5.41) is 8.74. The molecule has 1 aromatic rings. The predicted molar refractivity (Wildman–Crippen MR) is 56.7 cm³/mol. The van der Waals surface area contributed by atoms with E-state index in [1.165, 1.54) is 7.11 Å². The van der Waals surface area contributed by atoms with Crippen molar-refractivity contribution in [3.8, 4) is 11.6 Å². The summed E-state index contributed by atoms with van der Waals surface area (Å²) in [4.78, 5) is 14.3. The third kappa shape index (κ3) is 3.98. The highest BCUT2D eigenvalue weighted by Gasteiger charge is 2.33. The van der Waals surface area contributed by atoms with Gasteiger partial charge in [0.2, 0.25) is 5.88 Å². The second-order valence-electron chi connectivity index (χ2n) is 3.41. The van der Waals surface area contributed by atoms with Crippen molar-refractivity contribution in [2.75, 3.05) is 7.11 Å². The molecule has 1 aromatic heterocycles. The van der Waals surface area contributed by atoms with Crippen molar-refractivity contribution >= 4 is 5.97 Å². The molecule has 1 rings (SSSR count). The van der Waals surface area contributed by atoms with Gasteiger partial charge in [0, 0.05) is 17.7 Å². The summed E-state index contributed by atoms with van der Waals surface area (Å²) in [6.45, 7) is -0.340. The number of carboxylic acids is 1. The zero-order valence-corrected chi connectivity index (χ0v) is 9.82. The number of methoxy groups -OCH3 is 1. The Morgan fingerprint density at radius 3 is 2.53 bits per heavy atom. The van der Waals surface area contributed by atoms with Gasteiger partial charge in [-0.15, -0.1) is 13.2 Å². The molecule has 0 aliphatic carbocycles. The average molecular weight is 280 g/mol. The Bertz CT molecular complexity index is 477. The van der Waals surface area contributed by atoms with Crippen LogP contribution >= 0.6 is 0 Å². The topological polar surface area (TPSA) is 94.7 Å². The molecule has 0 radical (unpaired) electrons. The van der Waals surface area contributed by atoms with Crippen molar-refractivity contribution in [1.82, 2.24) is 4.98 Å². The van der Waals surface area contributed by atoms with E-state index in [2.05, 4.69) is 9.72 Å². The molecule has 0 atom stereocenters. The van der Waals surface area contributed by atoms with Crippen LogP contribution in [0.2, 0.25) is 0 Å². The number of carbonyl (C=O) groups is 1. The summed E-state index contributed by atoms with van der Waals surface area (Å²) in [5.41, 5.74) is 5.20. The lowest BCUT2D eigenvalue weighted by Gasteiger charge is -2.16. The highest BCUT2D eigenvalue weighted by molar-refractivity contribution is 5.72. The number of hydrogen-bond acceptors (Lipinski definition) is 5. The second-order valence-corrected chi connectivity index (χ2v) is 3.41. The highest BCUT2D eigenvalue weighted by atomic mass is 19.4. The Hall–Kier alpha value is -2.03. The number of aromatic nitrogens is 1. The monoisotopic (exact) mass is 280 g/mol. The van der Waals surface area contributed by atoms with E-state index >= 15 is 0 Å². The van der Waals surface area contributed by atoms with Crippen molar-refractivity contribution in [2.24, 2.45) is 5.73 Å². The molecule has 0 saturated carbocycles. The van der Waals surface area contributed by atoms with Crippen LogP contribution in [0.15, 0.2) is 6.20 Å². The largest absolute Gasteiger partial charge is 0.573 e. The molecule has 0 spiro atoms. The zero-order chi connectivity index (χ0) is 14.6. The second kappa shape index (κ2) is 5.74. The van der Waals surface area contributed by atoms with Gasteiger partial charge in [-0.3, -0.25) is 4.79 Å². The third-order valence-corrected chi connectivity index (χ3v) is 2.17. The van der Waals surface area contributed by atoms with Gasteiger partial charge in [0.05, 0.1) is 19.7 Å². The van der Waals surface area contributed by atoms with E-state index in [0.29, 0.717) is 0 Å². The van der Waals surface area contributed by atoms with Crippen molar-refractivity contribution in [1.29, 1.82) is 0 Å². The van der Waals surface area contributed by atoms with Crippen LogP contribution in [0.25, 0.3) is 0 Å². The lowest BCUT2D eigenvalue weighted by atomic mass is 10.1. The Morgan fingerprint density at radius 1 is 1.47 bits per heavy atom. The van der Waals surface area contributed by atoms with Gasteiger partial charge in [-0.2, -0.15) is 0 Å². The van der Waals surface area contributed by atoms with Gasteiger partial charge in [-0.25, -0.2) is 4.98 Å². The fourth-order valence-corrected chi connectivity index (χ4v) is 1.50. The Balaban J connectivity index is 3.31. The predicted octanol–water partition coefficient (Wildman–Crippen LogP) is 1.07. The molecule has 3 N–H and O–H groups in total. The number of nitrogens with zero attached hydrogens (tertiary/aromatic N) is 1. The molecular weight excluding hydrogens is 269 g/mol. The Labute approximate surface area is 105 Å². The summed E-state index contributed by atoms with van der Waals surface area (Å²) in [6, 6.07) is 0. The number of pyridine rings is 1. The number of nitrogens with two attached hydrogens (primary N) is 1. The minimum atomic E-state index is -4.92. The fraction of sp³-hybridized carbons (Fsp3) is 0.400. The van der Waals surface area contributed by atoms with Crippen LogP contribution < -0.4 is 15.2 Å². The smallest absolute Gasteiger partial charge is 0.481 e. The molecule has 0 fully saturated rings. The molecule has 0 bridgehead atoms. The Kier molecular flexibility index (Phi) is 4.54. The number of ether oxygens (including phenoxy) is 2. The first-order chi connectivity index (χ1) is 8.78. The van der Waals surface area contributed by atoms with Gasteiger partial charge in [0.25, 0.3) is 0 Å². The zero-order valence-electron chi connectivity index (χ0n) is 9.82. The maximum atomic E-state index is 12.2. The van der Waals surface area contributed by atoms with E-state index in [9.17, 15) is 18.0 Å². The van der Waals surface area contributed by atoms with Crippen LogP contribution in [-0.2, 0) is 17.8 Å². The van der Waals surface area contributed by atoms with Gasteiger partial charge < -0.3 is 20.3 Å². The van der Waals surface area contributed by atoms with Gasteiger partial charge in [0.15, 0.2) is 5.75 Å². The molecule has 0 aliphatic rings. The summed E-state index contributed by atoms with van der Waals surface area (Å²) >= 11 is 0. The van der Waals surface area contributed by atoms with Gasteiger partial charge in [0.1, 0.15) is 0 Å². The molecule has 19 heavy (non-hydrogen) atoms. The molecule has 0 saturated heterocycles. The number of alkyl halides is 3. The lowest BCUT2D eigenvalue weighted by Crippen LogP contribution is -2.20. The molecular formula is C10H11F3N2O4. The van der Waals surface area contributed by atoms with E-state index in [1.54, 1.807) is 0 Å². The van der Waals surface area contributed by atoms with Crippen LogP contribution in [0, 0.1) is 0 Å². The number of carboxylic acid groups (broad SMARTS) is 1. The summed E-state index contributed by atoms with van der Waals surface area (Å²) in [7, 11) is 1.22. The average Bonchev–Trinajstić information content (AvgIpc) is 2.27. The number of rotatable bonds is 5. The summed E-state index contributed by atoms with van der Waals surface area (Å²) in [6.07, 6.45) is -4.70. The van der Waals surface area contributed by atoms with Crippen molar-refractivity contribution in [3.05, 3.63) is 17.3 Å². The highest BCUT2D eigenvalue weighted by Crippen LogP contribution is 2.32. The van der Waals surface area contributed by atoms with Crippen molar-refractivity contribution in [3.63, 3.8) is 0 Å². The van der Waals surface area contributed by atoms with E-state index in [-0.39, 0.29) is 23.6 Å². The number of halogens is 3. The maximum Gasteiger partial charge on any atom is 0.573 e. The molecule has 0 aromatic carbocycles. The first-order valence-electron chi connectivity index (χ1n) is 5.00. The Morgan fingerprint density at radius 2 is 2.11 bits per heavy atom. The molecule has 9 heteroatoms. The van der Waals surface area contributed by atoms with Crippen LogP contribution in [0.3, 0.4) is 0 Å². The van der Waals surface area contributed by atoms with Gasteiger partial charge in [-0.1, -0.05) is 0 Å². The normalized spacial score (nSPS) is 11.2. The minimum absolute atomic E-state index is 0.0424. The molecule has 0 amide bonds. The maximum absolute atomic E-state index is 12.2. The van der Waals surface area contributed by atoms with E-state index in [4.69, 9.17) is 15.6 Å². The number of hydrogen-bond donors (Lipinski definition) is 2. The van der Waals surface area contributed by atoms with Crippen LogP contribution in [-0.4, -0.2) is 29.5 Å². The fourth-order valence-electron chi connectivity index (χ4n) is 1.50. The van der Waals surface area contributed by atoms with Crippen LogP contribution in [0.1, 0.15) is 11.1 Å². The first kappa shape index (κ1) is 15.0. The third-order valence-electron chi connectivity index (χ3n) is 2.17. The molecule has 106 valence electrons. The first-order valence-corrected chi connectivity index (χ1v) is 5.00. The van der Waals surface area contributed by atoms with Crippen LogP contribution in [0.4, 0.5) is 13.2 Å². The minimum Gasteiger partial charge on any atom is -0.481 e. The number of aliphatic carboxylic acids is 1. The van der Waals surface area contributed by atoms with E-state index in [1.807, 2.05) is 0 Å². The van der Waals surface area contributed by atoms with Gasteiger partial charge >= 0.3 is 12.3 Å². The summed E-state index contributed by atoms with van der Waals surface area (Å²) < 4.78 is 45.1. The quantitative estimate of drug-likeness (QED) is 0.838. The molecule has 0 aliphatic heterocycles. The standard InChI is InChI=1S/C10H11F3N2O4/c1-18-9-5(2-8(16)17)6(3-14)7(4-15-9)19-10(11,12)13/h4H,2-3,14H2,1H3,(H,16,17). The van der Waals surface area contributed by atoms with Crippen LogP contribution in [0.5, 0.6) is 11.6 Å². The molecule has 6 nitrogen and oxygen atoms in total. The van der Waals surface area contributed by atoms with Crippen molar-refractivity contribution in [2.45, 2.75) is 19.3 Å². The van der Waals surface area contributed by atoms with E-state index < -0.39 is 24.5 Å². The SMILES string of the molecule is COc1ncc(OC(F)(F)F)c(CN)c1CC(=O)O. The molecule has 0 unspecified atom stereocenters.